The molecule has 5 rings (SSSR count). The fourth-order valence-corrected chi connectivity index (χ4v) is 5.20. The second-order valence-electron chi connectivity index (χ2n) is 8.92. The van der Waals surface area contributed by atoms with Crippen molar-refractivity contribution in [3.05, 3.63) is 75.7 Å². The van der Waals surface area contributed by atoms with Crippen molar-refractivity contribution in [1.82, 2.24) is 15.3 Å². The molecular weight excluding hydrogens is 487 g/mol. The van der Waals surface area contributed by atoms with Crippen molar-refractivity contribution in [3.8, 4) is 5.75 Å². The summed E-state index contributed by atoms with van der Waals surface area (Å²) in [5.41, 5.74) is 8.86. The maximum Gasteiger partial charge on any atom is 0.128 e. The first-order valence-electron chi connectivity index (χ1n) is 11.3. The van der Waals surface area contributed by atoms with Gasteiger partial charge in [0.15, 0.2) is 0 Å². The number of halogens is 2. The van der Waals surface area contributed by atoms with E-state index in [9.17, 15) is 0 Å². The largest absolute Gasteiger partial charge is 0.486 e. The van der Waals surface area contributed by atoms with Crippen LogP contribution in [0.4, 0.5) is 11.5 Å². The summed E-state index contributed by atoms with van der Waals surface area (Å²) in [5, 5.41) is 13.2. The van der Waals surface area contributed by atoms with E-state index in [1.54, 1.807) is 24.4 Å². The lowest BCUT2D eigenvalue weighted by molar-refractivity contribution is 0.0135. The van der Waals surface area contributed by atoms with Gasteiger partial charge in [0.25, 0.3) is 0 Å². The highest BCUT2D eigenvalue weighted by atomic mass is 35.5. The molecule has 4 heterocycles. The van der Waals surface area contributed by atoms with Gasteiger partial charge in [0.05, 0.1) is 34.5 Å². The van der Waals surface area contributed by atoms with Gasteiger partial charge in [-0.15, -0.1) is 0 Å². The number of nitrogens with zero attached hydrogens (tertiary/aromatic N) is 3. The molecule has 1 spiro atoms. The molecule has 182 valence electrons. The number of aromatic nitrogens is 2. The predicted octanol–water partition coefficient (Wildman–Crippen LogP) is 4.10. The van der Waals surface area contributed by atoms with E-state index in [0.717, 1.165) is 38.7 Å². The Morgan fingerprint density at radius 1 is 1.20 bits per heavy atom. The van der Waals surface area contributed by atoms with Crippen molar-refractivity contribution < 1.29 is 9.47 Å². The van der Waals surface area contributed by atoms with Crippen molar-refractivity contribution in [2.45, 2.75) is 18.6 Å². The molecule has 0 aliphatic carbocycles. The number of pyridine rings is 2. The lowest BCUT2D eigenvalue weighted by Crippen LogP contribution is -2.73. The lowest BCUT2D eigenvalue weighted by atomic mass is 9.89. The Morgan fingerprint density at radius 2 is 1.97 bits per heavy atom. The molecule has 0 radical (unpaired) electrons. The summed E-state index contributed by atoms with van der Waals surface area (Å²) in [6.07, 6.45) is 4.35. The third kappa shape index (κ3) is 4.79. The Kier molecular flexibility index (Phi) is 6.55. The molecule has 1 aromatic carbocycles. The van der Waals surface area contributed by atoms with Gasteiger partial charge in [-0.25, -0.2) is 4.98 Å². The number of anilines is 2. The highest BCUT2D eigenvalue weighted by Crippen LogP contribution is 2.34. The molecule has 0 unspecified atom stereocenters. The molecule has 8 nitrogen and oxygen atoms in total. The van der Waals surface area contributed by atoms with Gasteiger partial charge in [-0.1, -0.05) is 23.2 Å². The topological polar surface area (TPSA) is 109 Å². The third-order valence-electron chi connectivity index (χ3n) is 6.38. The minimum absolute atomic E-state index is 0.0298. The van der Waals surface area contributed by atoms with Gasteiger partial charge < -0.3 is 25.4 Å². The van der Waals surface area contributed by atoms with Gasteiger partial charge in [0, 0.05) is 60.6 Å². The average Bonchev–Trinajstić information content (AvgIpc) is 2.84. The van der Waals surface area contributed by atoms with Crippen LogP contribution in [-0.2, 0) is 4.74 Å². The number of nitrogens with one attached hydrogen (secondary N) is 2. The Labute approximate surface area is 213 Å². The summed E-state index contributed by atoms with van der Waals surface area (Å²) >= 11 is 12.5. The smallest absolute Gasteiger partial charge is 0.128 e. The van der Waals surface area contributed by atoms with Crippen LogP contribution in [0, 0.1) is 5.41 Å². The highest BCUT2D eigenvalue weighted by molar-refractivity contribution is 6.35. The van der Waals surface area contributed by atoms with Crippen molar-refractivity contribution in [3.63, 3.8) is 0 Å². The number of hydrogen-bond donors (Lipinski definition) is 3. The van der Waals surface area contributed by atoms with E-state index in [2.05, 4.69) is 20.2 Å². The van der Waals surface area contributed by atoms with Gasteiger partial charge in [-0.3, -0.25) is 10.4 Å². The summed E-state index contributed by atoms with van der Waals surface area (Å²) in [7, 11) is 0. The van der Waals surface area contributed by atoms with Crippen molar-refractivity contribution in [1.29, 1.82) is 5.41 Å². The second kappa shape index (κ2) is 9.62. The number of nitrogens with two attached hydrogens (primary N) is 1. The van der Waals surface area contributed by atoms with Gasteiger partial charge in [0.1, 0.15) is 17.7 Å². The Balaban J connectivity index is 1.29. The molecule has 3 aromatic rings. The quantitative estimate of drug-likeness (QED) is 0.336. The van der Waals surface area contributed by atoms with E-state index >= 15 is 0 Å². The summed E-state index contributed by atoms with van der Waals surface area (Å²) in [5.74, 6) is 1.43. The molecule has 2 fully saturated rings. The number of benzene rings is 1. The lowest BCUT2D eigenvalue weighted by Gasteiger charge is -2.52. The molecule has 35 heavy (non-hydrogen) atoms. The number of ether oxygens (including phenoxy) is 2. The zero-order chi connectivity index (χ0) is 24.6. The summed E-state index contributed by atoms with van der Waals surface area (Å²) in [4.78, 5) is 10.8. The van der Waals surface area contributed by atoms with E-state index in [1.807, 2.05) is 19.1 Å². The molecule has 4 N–H and O–H groups in total. The van der Waals surface area contributed by atoms with Crippen LogP contribution >= 0.6 is 23.2 Å². The molecule has 2 aromatic heterocycles. The fraction of sp³-hybridized carbons (Fsp3) is 0.320. The maximum atomic E-state index is 8.75. The minimum Gasteiger partial charge on any atom is -0.486 e. The van der Waals surface area contributed by atoms with Crippen LogP contribution in [0.1, 0.15) is 29.7 Å². The predicted molar refractivity (Wildman–Crippen MR) is 138 cm³/mol. The van der Waals surface area contributed by atoms with Gasteiger partial charge in [-0.2, -0.15) is 0 Å². The third-order valence-corrected chi connectivity index (χ3v) is 6.98. The van der Waals surface area contributed by atoms with E-state index < -0.39 is 6.10 Å². The summed E-state index contributed by atoms with van der Waals surface area (Å²) < 4.78 is 11.7. The van der Waals surface area contributed by atoms with Gasteiger partial charge >= 0.3 is 0 Å². The second-order valence-corrected chi connectivity index (χ2v) is 9.74. The van der Waals surface area contributed by atoms with Crippen LogP contribution in [-0.4, -0.2) is 54.1 Å². The number of rotatable bonds is 6. The molecular formula is C25H26Cl2N6O2. The fourth-order valence-electron chi connectivity index (χ4n) is 4.53. The molecule has 0 amide bonds. The first kappa shape index (κ1) is 23.8. The summed E-state index contributed by atoms with van der Waals surface area (Å²) in [6.45, 7) is 5.92. The van der Waals surface area contributed by atoms with Crippen LogP contribution in [0.5, 0.6) is 5.75 Å². The van der Waals surface area contributed by atoms with Crippen LogP contribution < -0.4 is 20.7 Å². The van der Waals surface area contributed by atoms with Crippen molar-refractivity contribution >= 4 is 40.4 Å². The van der Waals surface area contributed by atoms with Crippen molar-refractivity contribution in [2.75, 3.05) is 43.5 Å². The first-order chi connectivity index (χ1) is 16.8. The molecule has 1 atom stereocenters. The number of nitrogen functional groups attached to an aromatic ring is 1. The number of morpholine rings is 1. The standard InChI is InChI=1S/C25H26Cl2N6O2/c1-15(23-19(26)10-30-11-20(23)27)35-17-3-4-21(28)18(8-17)24(29)16-2-5-22(31-9-16)33-12-25(13-33)14-34-7-6-32-25/h2-5,8-11,15,29,32H,6-7,12-14,28H2,1H3/t15-/m1/s1. The molecule has 0 bridgehead atoms. The van der Waals surface area contributed by atoms with Gasteiger partial charge in [0.2, 0.25) is 0 Å². The Hall–Kier alpha value is -2.91. The Morgan fingerprint density at radius 3 is 2.63 bits per heavy atom. The van der Waals surface area contributed by atoms with E-state index in [0.29, 0.717) is 38.2 Å². The monoisotopic (exact) mass is 512 g/mol. The highest BCUT2D eigenvalue weighted by Gasteiger charge is 2.44. The van der Waals surface area contributed by atoms with E-state index in [1.165, 1.54) is 12.4 Å². The average molecular weight is 513 g/mol. The number of hydrogen-bond acceptors (Lipinski definition) is 8. The first-order valence-corrected chi connectivity index (χ1v) is 12.1. The maximum absolute atomic E-state index is 8.75. The van der Waals surface area contributed by atoms with E-state index in [-0.39, 0.29) is 11.3 Å². The SMILES string of the molecule is C[C@@H](Oc1ccc(N)c(C(=N)c2ccc(N3CC4(COCCN4)C3)nc2)c1)c1c(Cl)cncc1Cl. The van der Waals surface area contributed by atoms with Gasteiger partial charge in [-0.05, 0) is 37.3 Å². The minimum atomic E-state index is -0.423. The van der Waals surface area contributed by atoms with Crippen LogP contribution in [0.15, 0.2) is 48.9 Å². The molecule has 10 heteroatoms. The zero-order valence-electron chi connectivity index (χ0n) is 19.2. The molecule has 2 saturated heterocycles. The van der Waals surface area contributed by atoms with E-state index in [4.69, 9.17) is 43.8 Å². The molecule has 2 aliphatic heterocycles. The van der Waals surface area contributed by atoms with Crippen LogP contribution in [0.25, 0.3) is 0 Å². The van der Waals surface area contributed by atoms with Crippen LogP contribution in [0.3, 0.4) is 0 Å². The summed E-state index contributed by atoms with van der Waals surface area (Å²) in [6, 6.07) is 9.07. The zero-order valence-corrected chi connectivity index (χ0v) is 20.7. The normalized spacial score (nSPS) is 17.6. The molecule has 2 aliphatic rings. The Bertz CT molecular complexity index is 1220. The van der Waals surface area contributed by atoms with Crippen LogP contribution in [0.2, 0.25) is 10.0 Å². The molecule has 0 saturated carbocycles. The van der Waals surface area contributed by atoms with Crippen molar-refractivity contribution in [2.24, 2.45) is 0 Å².